The van der Waals surface area contributed by atoms with E-state index in [1.807, 2.05) is 49.5 Å². The second kappa shape index (κ2) is 8.47. The Labute approximate surface area is 170 Å². The SMILES string of the molecule is CCOC(=O)Cn1cc(-c2ccccc2Nc2ccc(C(C)(C)F)cc2)c(C)n1. The number of hydrogen-bond acceptors (Lipinski definition) is 4. The summed E-state index contributed by atoms with van der Waals surface area (Å²) in [6.07, 6.45) is 1.85. The van der Waals surface area contributed by atoms with Gasteiger partial charge in [-0.1, -0.05) is 30.3 Å². The molecule has 1 aromatic heterocycles. The van der Waals surface area contributed by atoms with Crippen LogP contribution in [0, 0.1) is 6.92 Å². The second-order valence-electron chi connectivity index (χ2n) is 7.35. The minimum Gasteiger partial charge on any atom is -0.465 e. The van der Waals surface area contributed by atoms with E-state index in [4.69, 9.17) is 4.74 Å². The largest absolute Gasteiger partial charge is 0.465 e. The van der Waals surface area contributed by atoms with Gasteiger partial charge in [-0.2, -0.15) is 5.10 Å². The van der Waals surface area contributed by atoms with Crippen LogP contribution in [-0.2, 0) is 21.7 Å². The van der Waals surface area contributed by atoms with Crippen molar-refractivity contribution in [3.8, 4) is 11.1 Å². The summed E-state index contributed by atoms with van der Waals surface area (Å²) >= 11 is 0. The number of nitrogens with zero attached hydrogens (tertiary/aromatic N) is 2. The van der Waals surface area contributed by atoms with Gasteiger partial charge in [0.25, 0.3) is 0 Å². The maximum absolute atomic E-state index is 14.1. The van der Waals surface area contributed by atoms with Gasteiger partial charge in [-0.3, -0.25) is 9.48 Å². The van der Waals surface area contributed by atoms with Crippen molar-refractivity contribution in [1.82, 2.24) is 9.78 Å². The molecule has 0 spiro atoms. The average Bonchev–Trinajstić information content (AvgIpc) is 3.02. The number of aryl methyl sites for hydroxylation is 1. The minimum absolute atomic E-state index is 0.0742. The number of hydrogen-bond donors (Lipinski definition) is 1. The fourth-order valence-electron chi connectivity index (χ4n) is 3.13. The number of carbonyl (C=O) groups is 1. The molecule has 6 heteroatoms. The highest BCUT2D eigenvalue weighted by Crippen LogP contribution is 2.33. The van der Waals surface area contributed by atoms with Crippen LogP contribution in [0.3, 0.4) is 0 Å². The highest BCUT2D eigenvalue weighted by atomic mass is 19.1. The summed E-state index contributed by atoms with van der Waals surface area (Å²) in [5.41, 5.74) is 3.74. The van der Waals surface area contributed by atoms with Crippen LogP contribution in [0.4, 0.5) is 15.8 Å². The molecule has 1 N–H and O–H groups in total. The molecule has 0 saturated carbocycles. The Kier molecular flexibility index (Phi) is 6.01. The van der Waals surface area contributed by atoms with Crippen molar-refractivity contribution in [3.05, 3.63) is 66.0 Å². The molecule has 0 radical (unpaired) electrons. The Morgan fingerprint density at radius 1 is 1.14 bits per heavy atom. The molecule has 0 unspecified atom stereocenters. The summed E-state index contributed by atoms with van der Waals surface area (Å²) in [6, 6.07) is 15.2. The van der Waals surface area contributed by atoms with Crippen LogP contribution in [0.25, 0.3) is 11.1 Å². The van der Waals surface area contributed by atoms with E-state index in [0.29, 0.717) is 12.2 Å². The zero-order valence-corrected chi connectivity index (χ0v) is 17.2. The maximum atomic E-state index is 14.1. The summed E-state index contributed by atoms with van der Waals surface area (Å²) in [5.74, 6) is -0.316. The number of ether oxygens (including phenoxy) is 1. The topological polar surface area (TPSA) is 56.1 Å². The van der Waals surface area contributed by atoms with Gasteiger partial charge in [0.1, 0.15) is 12.2 Å². The zero-order chi connectivity index (χ0) is 21.0. The molecule has 1 heterocycles. The third-order valence-electron chi connectivity index (χ3n) is 4.61. The Balaban J connectivity index is 1.86. The number of anilines is 2. The van der Waals surface area contributed by atoms with Crippen molar-refractivity contribution >= 4 is 17.3 Å². The van der Waals surface area contributed by atoms with E-state index >= 15 is 0 Å². The first-order valence-electron chi connectivity index (χ1n) is 9.63. The number of para-hydroxylation sites is 1. The van der Waals surface area contributed by atoms with Crippen LogP contribution in [0.1, 0.15) is 32.0 Å². The molecule has 5 nitrogen and oxygen atoms in total. The van der Waals surface area contributed by atoms with Crippen LogP contribution in [0.5, 0.6) is 0 Å². The highest BCUT2D eigenvalue weighted by molar-refractivity contribution is 5.82. The lowest BCUT2D eigenvalue weighted by Crippen LogP contribution is -2.13. The fourth-order valence-corrected chi connectivity index (χ4v) is 3.13. The molecular weight excluding hydrogens is 369 g/mol. The van der Waals surface area contributed by atoms with Crippen LogP contribution in [0.15, 0.2) is 54.7 Å². The lowest BCUT2D eigenvalue weighted by Gasteiger charge is -2.16. The molecule has 3 aromatic rings. The van der Waals surface area contributed by atoms with E-state index in [2.05, 4.69) is 10.4 Å². The van der Waals surface area contributed by atoms with Gasteiger partial charge in [-0.15, -0.1) is 0 Å². The molecule has 152 valence electrons. The molecule has 0 saturated heterocycles. The van der Waals surface area contributed by atoms with E-state index in [1.165, 1.54) is 0 Å². The monoisotopic (exact) mass is 395 g/mol. The number of halogens is 1. The van der Waals surface area contributed by atoms with E-state index in [0.717, 1.165) is 28.2 Å². The molecule has 0 aliphatic rings. The van der Waals surface area contributed by atoms with Crippen LogP contribution < -0.4 is 5.32 Å². The minimum atomic E-state index is -1.37. The number of alkyl halides is 1. The standard InChI is InChI=1S/C23H26FN3O2/c1-5-29-22(28)15-27-14-20(16(2)26-27)19-8-6-7-9-21(19)25-18-12-10-17(11-13-18)23(3,4)24/h6-14,25H,5,15H2,1-4H3. The predicted molar refractivity (Wildman–Crippen MR) is 113 cm³/mol. The molecule has 0 atom stereocenters. The number of carbonyl (C=O) groups excluding carboxylic acids is 1. The van der Waals surface area contributed by atoms with Gasteiger partial charge in [0.15, 0.2) is 0 Å². The highest BCUT2D eigenvalue weighted by Gasteiger charge is 2.18. The van der Waals surface area contributed by atoms with Gasteiger partial charge in [-0.25, -0.2) is 4.39 Å². The lowest BCUT2D eigenvalue weighted by molar-refractivity contribution is -0.144. The lowest BCUT2D eigenvalue weighted by atomic mass is 10.00. The quantitative estimate of drug-likeness (QED) is 0.547. The summed E-state index contributed by atoms with van der Waals surface area (Å²) in [7, 11) is 0. The van der Waals surface area contributed by atoms with Gasteiger partial charge in [0.2, 0.25) is 0 Å². The van der Waals surface area contributed by atoms with Gasteiger partial charge in [0, 0.05) is 28.7 Å². The maximum Gasteiger partial charge on any atom is 0.327 e. The van der Waals surface area contributed by atoms with Crippen molar-refractivity contribution in [1.29, 1.82) is 0 Å². The van der Waals surface area contributed by atoms with E-state index < -0.39 is 5.67 Å². The normalized spacial score (nSPS) is 11.3. The Bertz CT molecular complexity index is 988. The molecule has 0 bridgehead atoms. The van der Waals surface area contributed by atoms with Gasteiger partial charge >= 0.3 is 5.97 Å². The number of aromatic nitrogens is 2. The smallest absolute Gasteiger partial charge is 0.327 e. The molecule has 0 fully saturated rings. The molecular formula is C23H26FN3O2. The number of nitrogens with one attached hydrogen (secondary N) is 1. The molecule has 29 heavy (non-hydrogen) atoms. The molecule has 0 aliphatic heterocycles. The third kappa shape index (κ3) is 5.02. The number of esters is 1. The van der Waals surface area contributed by atoms with E-state index in [-0.39, 0.29) is 12.5 Å². The summed E-state index contributed by atoms with van der Waals surface area (Å²) in [4.78, 5) is 11.8. The van der Waals surface area contributed by atoms with Gasteiger partial charge in [-0.05, 0) is 51.5 Å². The summed E-state index contributed by atoms with van der Waals surface area (Å²) in [5, 5.41) is 7.84. The van der Waals surface area contributed by atoms with Crippen molar-refractivity contribution < 1.29 is 13.9 Å². The first-order chi connectivity index (χ1) is 13.8. The zero-order valence-electron chi connectivity index (χ0n) is 17.2. The number of rotatable bonds is 7. The van der Waals surface area contributed by atoms with Crippen LogP contribution in [-0.4, -0.2) is 22.4 Å². The fraction of sp³-hybridized carbons (Fsp3) is 0.304. The Hall–Kier alpha value is -3.15. The van der Waals surface area contributed by atoms with Crippen molar-refractivity contribution in [2.75, 3.05) is 11.9 Å². The van der Waals surface area contributed by atoms with Crippen molar-refractivity contribution in [2.24, 2.45) is 0 Å². The van der Waals surface area contributed by atoms with Crippen molar-refractivity contribution in [3.63, 3.8) is 0 Å². The third-order valence-corrected chi connectivity index (χ3v) is 4.61. The van der Waals surface area contributed by atoms with Crippen LogP contribution in [0.2, 0.25) is 0 Å². The van der Waals surface area contributed by atoms with Crippen molar-refractivity contribution in [2.45, 2.75) is 39.9 Å². The van der Waals surface area contributed by atoms with E-state index in [9.17, 15) is 9.18 Å². The Morgan fingerprint density at radius 3 is 2.48 bits per heavy atom. The van der Waals surface area contributed by atoms with Gasteiger partial charge < -0.3 is 10.1 Å². The van der Waals surface area contributed by atoms with E-state index in [1.54, 1.807) is 37.6 Å². The average molecular weight is 395 g/mol. The molecule has 0 amide bonds. The second-order valence-corrected chi connectivity index (χ2v) is 7.35. The predicted octanol–water partition coefficient (Wildman–Crippen LogP) is 5.37. The first kappa shape index (κ1) is 20.6. The van der Waals surface area contributed by atoms with Gasteiger partial charge in [0.05, 0.1) is 12.3 Å². The van der Waals surface area contributed by atoms with Crippen LogP contribution >= 0.6 is 0 Å². The summed E-state index contributed by atoms with van der Waals surface area (Å²) < 4.78 is 20.7. The molecule has 2 aromatic carbocycles. The summed E-state index contributed by atoms with van der Waals surface area (Å²) in [6.45, 7) is 7.19. The molecule has 3 rings (SSSR count). The molecule has 0 aliphatic carbocycles. The first-order valence-corrected chi connectivity index (χ1v) is 9.63. The Morgan fingerprint density at radius 2 is 1.83 bits per heavy atom. The number of benzene rings is 2.